The van der Waals surface area contributed by atoms with Gasteiger partial charge in [0, 0.05) is 34.4 Å². The normalized spacial score (nSPS) is 14.1. The first-order valence-electron chi connectivity index (χ1n) is 5.07. The van der Waals surface area contributed by atoms with Crippen molar-refractivity contribution >= 4 is 22.4 Å². The summed E-state index contributed by atoms with van der Waals surface area (Å²) in [6.45, 7) is 2.05. The Labute approximate surface area is 102 Å². The number of anilines is 1. The van der Waals surface area contributed by atoms with E-state index in [1.54, 1.807) is 13.2 Å². The second-order valence-electron chi connectivity index (χ2n) is 3.76. The average Bonchev–Trinajstić information content (AvgIpc) is 2.28. The zero-order valence-corrected chi connectivity index (χ0v) is 10.5. The molecule has 0 fully saturated rings. The predicted molar refractivity (Wildman–Crippen MR) is 66.7 cm³/mol. The molecule has 0 aliphatic rings. The molecule has 0 radical (unpaired) electrons. The Morgan fingerprint density at radius 2 is 2.24 bits per heavy atom. The van der Waals surface area contributed by atoms with Gasteiger partial charge in [-0.25, -0.2) is 4.39 Å². The van der Waals surface area contributed by atoms with Crippen LogP contribution in [0.4, 0.5) is 10.1 Å². The summed E-state index contributed by atoms with van der Waals surface area (Å²) in [4.78, 5) is 11.6. The van der Waals surface area contributed by atoms with Crippen molar-refractivity contribution in [2.24, 2.45) is 0 Å². The van der Waals surface area contributed by atoms with E-state index in [1.165, 1.54) is 12.1 Å². The number of amides is 1. The third-order valence-electron chi connectivity index (χ3n) is 2.38. The zero-order valence-electron chi connectivity index (χ0n) is 9.70. The predicted octanol–water partition coefficient (Wildman–Crippen LogP) is 0.905. The zero-order chi connectivity index (χ0) is 13.0. The van der Waals surface area contributed by atoms with Gasteiger partial charge in [-0.05, 0) is 25.1 Å². The van der Waals surface area contributed by atoms with E-state index < -0.39 is 22.5 Å². The molecule has 1 aromatic rings. The molecule has 0 saturated carbocycles. The molecule has 1 aromatic carbocycles. The number of hydrogen-bond acceptors (Lipinski definition) is 3. The Morgan fingerprint density at radius 1 is 1.59 bits per heavy atom. The van der Waals surface area contributed by atoms with Crippen LogP contribution in [-0.4, -0.2) is 28.2 Å². The van der Waals surface area contributed by atoms with E-state index >= 15 is 0 Å². The van der Waals surface area contributed by atoms with Gasteiger partial charge in [0.2, 0.25) is 0 Å². The van der Waals surface area contributed by atoms with E-state index in [0.717, 1.165) is 6.07 Å². The summed E-state index contributed by atoms with van der Waals surface area (Å²) in [7, 11) is -1.000. The van der Waals surface area contributed by atoms with Gasteiger partial charge in [0.05, 0.1) is 5.69 Å². The molecule has 0 saturated heterocycles. The van der Waals surface area contributed by atoms with Crippen LogP contribution < -0.4 is 11.1 Å². The fourth-order valence-corrected chi connectivity index (χ4v) is 1.44. The summed E-state index contributed by atoms with van der Waals surface area (Å²) in [6, 6.07) is 3.87. The molecule has 4 nitrogen and oxygen atoms in total. The SMILES string of the molecule is CC(CNC(=O)c1ccc(N)c(F)c1)S(C)=O. The van der Waals surface area contributed by atoms with Gasteiger partial charge in [-0.3, -0.25) is 9.00 Å². The van der Waals surface area contributed by atoms with Crippen LogP contribution in [-0.2, 0) is 10.8 Å². The number of rotatable bonds is 4. The lowest BCUT2D eigenvalue weighted by atomic mass is 10.2. The molecule has 0 heterocycles. The first-order valence-corrected chi connectivity index (χ1v) is 6.69. The Morgan fingerprint density at radius 3 is 2.76 bits per heavy atom. The van der Waals surface area contributed by atoms with Crippen molar-refractivity contribution in [2.75, 3.05) is 18.5 Å². The summed E-state index contributed by atoms with van der Waals surface area (Å²) in [6.07, 6.45) is 1.57. The number of nitrogens with one attached hydrogen (secondary N) is 1. The van der Waals surface area contributed by atoms with Crippen molar-refractivity contribution in [3.05, 3.63) is 29.6 Å². The summed E-state index contributed by atoms with van der Waals surface area (Å²) >= 11 is 0. The van der Waals surface area contributed by atoms with Crippen LogP contribution in [0.3, 0.4) is 0 Å². The number of carbonyl (C=O) groups excluding carboxylic acids is 1. The highest BCUT2D eigenvalue weighted by atomic mass is 32.2. The molecule has 2 unspecified atom stereocenters. The second-order valence-corrected chi connectivity index (χ2v) is 5.56. The Balaban J connectivity index is 2.64. The summed E-state index contributed by atoms with van der Waals surface area (Å²) in [5.41, 5.74) is 5.51. The van der Waals surface area contributed by atoms with Crippen molar-refractivity contribution in [3.8, 4) is 0 Å². The molecule has 2 atom stereocenters. The van der Waals surface area contributed by atoms with E-state index in [1.807, 2.05) is 0 Å². The quantitative estimate of drug-likeness (QED) is 0.788. The van der Waals surface area contributed by atoms with Crippen LogP contribution in [0.15, 0.2) is 18.2 Å². The van der Waals surface area contributed by atoms with Gasteiger partial charge in [-0.2, -0.15) is 0 Å². The van der Waals surface area contributed by atoms with Gasteiger partial charge >= 0.3 is 0 Å². The van der Waals surface area contributed by atoms with Crippen LogP contribution in [0.5, 0.6) is 0 Å². The molecule has 6 heteroatoms. The van der Waals surface area contributed by atoms with Crippen molar-refractivity contribution in [1.29, 1.82) is 0 Å². The molecule has 94 valence electrons. The van der Waals surface area contributed by atoms with E-state index in [-0.39, 0.29) is 23.0 Å². The maximum atomic E-state index is 13.1. The standard InChI is InChI=1S/C11H15FN2O2S/c1-7(17(2)16)6-14-11(15)8-3-4-10(13)9(12)5-8/h3-5,7H,6,13H2,1-2H3,(H,14,15). The third-order valence-corrected chi connectivity index (χ3v) is 3.68. The van der Waals surface area contributed by atoms with E-state index in [9.17, 15) is 13.4 Å². The minimum absolute atomic E-state index is 0.00424. The monoisotopic (exact) mass is 258 g/mol. The first kappa shape index (κ1) is 13.6. The minimum Gasteiger partial charge on any atom is -0.396 e. The van der Waals surface area contributed by atoms with Crippen molar-refractivity contribution in [1.82, 2.24) is 5.32 Å². The third kappa shape index (κ3) is 3.81. The lowest BCUT2D eigenvalue weighted by Crippen LogP contribution is -2.32. The van der Waals surface area contributed by atoms with Crippen molar-refractivity contribution in [2.45, 2.75) is 12.2 Å². The maximum absolute atomic E-state index is 13.1. The molecular weight excluding hydrogens is 243 g/mol. The topological polar surface area (TPSA) is 72.2 Å². The molecular formula is C11H15FN2O2S. The van der Waals surface area contributed by atoms with Crippen LogP contribution in [0.1, 0.15) is 17.3 Å². The molecule has 17 heavy (non-hydrogen) atoms. The molecule has 0 aromatic heterocycles. The maximum Gasteiger partial charge on any atom is 0.251 e. The Kier molecular flexibility index (Phi) is 4.62. The second kappa shape index (κ2) is 5.77. The number of benzene rings is 1. The van der Waals surface area contributed by atoms with E-state index in [4.69, 9.17) is 5.73 Å². The lowest BCUT2D eigenvalue weighted by molar-refractivity contribution is 0.0953. The smallest absolute Gasteiger partial charge is 0.251 e. The number of nitrogen functional groups attached to an aromatic ring is 1. The largest absolute Gasteiger partial charge is 0.396 e. The van der Waals surface area contributed by atoms with Gasteiger partial charge in [-0.1, -0.05) is 0 Å². The molecule has 0 bridgehead atoms. The van der Waals surface area contributed by atoms with Crippen LogP contribution in [0, 0.1) is 5.82 Å². The van der Waals surface area contributed by atoms with Crippen LogP contribution >= 0.6 is 0 Å². The van der Waals surface area contributed by atoms with E-state index in [2.05, 4.69) is 5.32 Å². The summed E-state index contributed by atoms with van der Waals surface area (Å²) < 4.78 is 24.2. The fourth-order valence-electron chi connectivity index (χ4n) is 1.12. The molecule has 0 spiro atoms. The molecule has 1 rings (SSSR count). The highest BCUT2D eigenvalue weighted by Gasteiger charge is 2.11. The molecule has 0 aliphatic carbocycles. The molecule has 3 N–H and O–H groups in total. The van der Waals surface area contributed by atoms with E-state index in [0.29, 0.717) is 0 Å². The van der Waals surface area contributed by atoms with Crippen molar-refractivity contribution < 1.29 is 13.4 Å². The van der Waals surface area contributed by atoms with Gasteiger partial charge in [0.15, 0.2) is 0 Å². The Hall–Kier alpha value is -1.43. The average molecular weight is 258 g/mol. The van der Waals surface area contributed by atoms with Crippen LogP contribution in [0.2, 0.25) is 0 Å². The van der Waals surface area contributed by atoms with Crippen LogP contribution in [0.25, 0.3) is 0 Å². The van der Waals surface area contributed by atoms with Gasteiger partial charge < -0.3 is 11.1 Å². The fraction of sp³-hybridized carbons (Fsp3) is 0.364. The number of hydrogen-bond donors (Lipinski definition) is 2. The lowest BCUT2D eigenvalue weighted by Gasteiger charge is -2.10. The van der Waals surface area contributed by atoms with Crippen molar-refractivity contribution in [3.63, 3.8) is 0 Å². The highest BCUT2D eigenvalue weighted by molar-refractivity contribution is 7.84. The molecule has 1 amide bonds. The van der Waals surface area contributed by atoms with Gasteiger partial charge in [0.1, 0.15) is 5.82 Å². The summed E-state index contributed by atoms with van der Waals surface area (Å²) in [5, 5.41) is 2.45. The molecule has 0 aliphatic heterocycles. The number of nitrogens with two attached hydrogens (primary N) is 1. The number of halogens is 1. The van der Waals surface area contributed by atoms with Gasteiger partial charge in [-0.15, -0.1) is 0 Å². The highest BCUT2D eigenvalue weighted by Crippen LogP contribution is 2.11. The Bertz CT molecular complexity index is 451. The first-order chi connectivity index (χ1) is 7.91. The summed E-state index contributed by atoms with van der Waals surface area (Å²) in [5.74, 6) is -1.02. The van der Waals surface area contributed by atoms with Gasteiger partial charge in [0.25, 0.3) is 5.91 Å². The minimum atomic E-state index is -1.000. The number of carbonyl (C=O) groups is 1.